The van der Waals surface area contributed by atoms with Crippen LogP contribution in [0.25, 0.3) is 0 Å². The fourth-order valence-electron chi connectivity index (χ4n) is 2.13. The first kappa shape index (κ1) is 16.0. The minimum atomic E-state index is -3.23. The van der Waals surface area contributed by atoms with Gasteiger partial charge in [0.2, 0.25) is 10.0 Å². The van der Waals surface area contributed by atoms with Crippen molar-refractivity contribution in [3.05, 3.63) is 30.3 Å². The molecule has 1 aromatic carbocycles. The van der Waals surface area contributed by atoms with E-state index >= 15 is 0 Å². The number of benzene rings is 1. The number of rotatable bonds is 9. The molecular weight excluding hydrogens is 258 g/mol. The van der Waals surface area contributed by atoms with E-state index in [1.54, 1.807) is 12.1 Å². The van der Waals surface area contributed by atoms with Crippen molar-refractivity contribution in [3.8, 4) is 0 Å². The van der Waals surface area contributed by atoms with Crippen molar-refractivity contribution >= 4 is 15.7 Å². The molecule has 0 saturated heterocycles. The molecule has 1 aromatic rings. The van der Waals surface area contributed by atoms with E-state index in [2.05, 4.69) is 18.6 Å². The Kier molecular flexibility index (Phi) is 6.92. The standard InChI is InChI=1S/C15H25NO2S/c1-3-5-7-10-14(4-2)13-19(17,18)16-15-11-8-6-9-12-15/h6,8-9,11-12,14,16H,3-5,7,10,13H2,1-2H3. The Morgan fingerprint density at radius 3 is 2.37 bits per heavy atom. The molecule has 0 spiro atoms. The molecule has 1 rings (SSSR count). The summed E-state index contributed by atoms with van der Waals surface area (Å²) in [5, 5.41) is 0. The molecule has 0 bridgehead atoms. The van der Waals surface area contributed by atoms with Gasteiger partial charge in [-0.05, 0) is 24.5 Å². The van der Waals surface area contributed by atoms with Gasteiger partial charge in [0.15, 0.2) is 0 Å². The van der Waals surface area contributed by atoms with E-state index in [1.807, 2.05) is 18.2 Å². The van der Waals surface area contributed by atoms with Gasteiger partial charge in [-0.15, -0.1) is 0 Å². The van der Waals surface area contributed by atoms with Gasteiger partial charge >= 0.3 is 0 Å². The summed E-state index contributed by atoms with van der Waals surface area (Å²) in [5.41, 5.74) is 0.644. The Labute approximate surface area is 117 Å². The highest BCUT2D eigenvalue weighted by Gasteiger charge is 2.17. The minimum Gasteiger partial charge on any atom is -0.284 e. The molecule has 1 atom stereocenters. The van der Waals surface area contributed by atoms with Crippen molar-refractivity contribution < 1.29 is 8.42 Å². The van der Waals surface area contributed by atoms with E-state index in [-0.39, 0.29) is 11.7 Å². The van der Waals surface area contributed by atoms with E-state index in [9.17, 15) is 8.42 Å². The maximum Gasteiger partial charge on any atom is 0.232 e. The van der Waals surface area contributed by atoms with Gasteiger partial charge in [-0.3, -0.25) is 4.72 Å². The number of nitrogens with one attached hydrogen (secondary N) is 1. The lowest BCUT2D eigenvalue weighted by atomic mass is 10.0. The van der Waals surface area contributed by atoms with Crippen molar-refractivity contribution in [2.24, 2.45) is 5.92 Å². The third kappa shape index (κ3) is 6.62. The maximum atomic E-state index is 12.1. The molecule has 0 fully saturated rings. The summed E-state index contributed by atoms with van der Waals surface area (Å²) in [5.74, 6) is 0.482. The maximum absolute atomic E-state index is 12.1. The molecule has 0 radical (unpaired) electrons. The summed E-state index contributed by atoms with van der Waals surface area (Å²) >= 11 is 0. The van der Waals surface area contributed by atoms with Crippen molar-refractivity contribution in [2.75, 3.05) is 10.5 Å². The van der Waals surface area contributed by atoms with Crippen LogP contribution in [0.3, 0.4) is 0 Å². The van der Waals surface area contributed by atoms with Gasteiger partial charge in [0.05, 0.1) is 5.75 Å². The molecular formula is C15H25NO2S. The molecule has 1 N–H and O–H groups in total. The van der Waals surface area contributed by atoms with Crippen molar-refractivity contribution in [1.29, 1.82) is 0 Å². The lowest BCUT2D eigenvalue weighted by Gasteiger charge is -2.15. The molecule has 4 heteroatoms. The number of hydrogen-bond acceptors (Lipinski definition) is 2. The van der Waals surface area contributed by atoms with Gasteiger partial charge in [0.25, 0.3) is 0 Å². The average molecular weight is 283 g/mol. The highest BCUT2D eigenvalue weighted by molar-refractivity contribution is 7.92. The van der Waals surface area contributed by atoms with Gasteiger partial charge in [0.1, 0.15) is 0 Å². The molecule has 0 amide bonds. The predicted molar refractivity (Wildman–Crippen MR) is 81.8 cm³/mol. The van der Waals surface area contributed by atoms with E-state index in [0.29, 0.717) is 5.69 Å². The fraction of sp³-hybridized carbons (Fsp3) is 0.600. The summed E-state index contributed by atoms with van der Waals surface area (Å²) in [6, 6.07) is 9.08. The van der Waals surface area contributed by atoms with Gasteiger partial charge in [-0.1, -0.05) is 57.7 Å². The molecule has 108 valence electrons. The van der Waals surface area contributed by atoms with Crippen LogP contribution < -0.4 is 4.72 Å². The fourth-order valence-corrected chi connectivity index (χ4v) is 3.73. The van der Waals surface area contributed by atoms with Crippen LogP contribution in [0.2, 0.25) is 0 Å². The monoisotopic (exact) mass is 283 g/mol. The van der Waals surface area contributed by atoms with Gasteiger partial charge in [-0.2, -0.15) is 0 Å². The van der Waals surface area contributed by atoms with Gasteiger partial charge < -0.3 is 0 Å². The quantitative estimate of drug-likeness (QED) is 0.695. The highest BCUT2D eigenvalue weighted by atomic mass is 32.2. The Morgan fingerprint density at radius 2 is 1.79 bits per heavy atom. The van der Waals surface area contributed by atoms with Crippen molar-refractivity contribution in [3.63, 3.8) is 0 Å². The summed E-state index contributed by atoms with van der Waals surface area (Å²) in [6.07, 6.45) is 5.39. The summed E-state index contributed by atoms with van der Waals surface area (Å²) in [6.45, 7) is 4.23. The van der Waals surface area contributed by atoms with Gasteiger partial charge in [-0.25, -0.2) is 8.42 Å². The largest absolute Gasteiger partial charge is 0.284 e. The molecule has 19 heavy (non-hydrogen) atoms. The van der Waals surface area contributed by atoms with Crippen molar-refractivity contribution in [2.45, 2.75) is 46.0 Å². The normalized spacial score (nSPS) is 13.2. The third-order valence-corrected chi connectivity index (χ3v) is 4.75. The Hall–Kier alpha value is -1.03. The molecule has 0 aliphatic carbocycles. The topological polar surface area (TPSA) is 46.2 Å². The second-order valence-electron chi connectivity index (χ2n) is 5.02. The van der Waals surface area contributed by atoms with Crippen LogP contribution in [0.1, 0.15) is 46.0 Å². The Bertz CT molecular complexity index is 442. The van der Waals surface area contributed by atoms with Crippen LogP contribution in [-0.2, 0) is 10.0 Å². The number of sulfonamides is 1. The number of para-hydroxylation sites is 1. The van der Waals surface area contributed by atoms with Crippen LogP contribution in [0.5, 0.6) is 0 Å². The first-order valence-corrected chi connectivity index (χ1v) is 8.78. The molecule has 1 unspecified atom stereocenters. The van der Waals surface area contributed by atoms with Crippen molar-refractivity contribution in [1.82, 2.24) is 0 Å². The molecule has 0 saturated carbocycles. The first-order valence-electron chi connectivity index (χ1n) is 7.13. The molecule has 0 heterocycles. The van der Waals surface area contributed by atoms with Crippen LogP contribution in [0.15, 0.2) is 30.3 Å². The Balaban J connectivity index is 2.52. The van der Waals surface area contributed by atoms with Crippen LogP contribution in [-0.4, -0.2) is 14.2 Å². The Morgan fingerprint density at radius 1 is 1.11 bits per heavy atom. The number of unbranched alkanes of at least 4 members (excludes halogenated alkanes) is 2. The highest BCUT2D eigenvalue weighted by Crippen LogP contribution is 2.17. The summed E-state index contributed by atoms with van der Waals surface area (Å²) in [4.78, 5) is 0. The zero-order valence-electron chi connectivity index (χ0n) is 11.9. The minimum absolute atomic E-state index is 0.224. The zero-order chi connectivity index (χ0) is 14.1. The second kappa shape index (κ2) is 8.20. The first-order chi connectivity index (χ1) is 9.07. The lowest BCUT2D eigenvalue weighted by Crippen LogP contribution is -2.22. The smallest absolute Gasteiger partial charge is 0.232 e. The lowest BCUT2D eigenvalue weighted by molar-refractivity contribution is 0.477. The average Bonchev–Trinajstić information content (AvgIpc) is 2.38. The van der Waals surface area contributed by atoms with Crippen LogP contribution in [0.4, 0.5) is 5.69 Å². The van der Waals surface area contributed by atoms with E-state index < -0.39 is 10.0 Å². The van der Waals surface area contributed by atoms with Gasteiger partial charge in [0, 0.05) is 5.69 Å². The van der Waals surface area contributed by atoms with E-state index in [1.165, 1.54) is 12.8 Å². The number of hydrogen-bond donors (Lipinski definition) is 1. The van der Waals surface area contributed by atoms with Crippen LogP contribution in [0, 0.1) is 5.92 Å². The van der Waals surface area contributed by atoms with Crippen LogP contribution >= 0.6 is 0 Å². The molecule has 3 nitrogen and oxygen atoms in total. The molecule has 0 aromatic heterocycles. The predicted octanol–water partition coefficient (Wildman–Crippen LogP) is 4.03. The third-order valence-electron chi connectivity index (χ3n) is 3.30. The number of anilines is 1. The molecule has 0 aliphatic rings. The summed E-state index contributed by atoms with van der Waals surface area (Å²) in [7, 11) is -3.23. The van der Waals surface area contributed by atoms with E-state index in [4.69, 9.17) is 0 Å². The SMILES string of the molecule is CCCCCC(CC)CS(=O)(=O)Nc1ccccc1. The van der Waals surface area contributed by atoms with E-state index in [0.717, 1.165) is 19.3 Å². The second-order valence-corrected chi connectivity index (χ2v) is 6.79. The summed E-state index contributed by atoms with van der Waals surface area (Å²) < 4.78 is 26.8. The zero-order valence-corrected chi connectivity index (χ0v) is 12.7. The molecule has 0 aliphatic heterocycles.